The Balaban J connectivity index is 2.83. The average Bonchev–Trinajstić information content (AvgIpc) is 2.17. The molecule has 0 saturated heterocycles. The molecule has 0 aliphatic carbocycles. The Hall–Kier alpha value is -1.83. The third kappa shape index (κ3) is 1.26. The van der Waals surface area contributed by atoms with Crippen molar-refractivity contribution in [3.63, 3.8) is 0 Å². The zero-order valence-electron chi connectivity index (χ0n) is 7.20. The van der Waals surface area contributed by atoms with Gasteiger partial charge in [-0.1, -0.05) is 36.4 Å². The Kier molecular flexibility index (Phi) is 1.74. The Labute approximate surface area is 76.5 Å². The summed E-state index contributed by atoms with van der Waals surface area (Å²) in [5.41, 5.74) is 6.49. The maximum atomic E-state index is 5.57. The van der Waals surface area contributed by atoms with Gasteiger partial charge in [-0.3, -0.25) is 11.1 Å². The van der Waals surface area contributed by atoms with Crippen LogP contribution in [0.5, 0.6) is 0 Å². The zero-order valence-corrected chi connectivity index (χ0v) is 7.20. The summed E-state index contributed by atoms with van der Waals surface area (Å²) >= 11 is 0. The Morgan fingerprint density at radius 1 is 1.00 bits per heavy atom. The van der Waals surface area contributed by atoms with Gasteiger partial charge in [0.1, 0.15) is 0 Å². The minimum atomic E-state index is 0.372. The molecule has 0 atom stereocenters. The molecule has 2 rings (SSSR count). The second-order valence-electron chi connectivity index (χ2n) is 2.98. The Morgan fingerprint density at radius 3 is 2.46 bits per heavy atom. The van der Waals surface area contributed by atoms with E-state index in [-0.39, 0.29) is 0 Å². The van der Waals surface area contributed by atoms with E-state index in [9.17, 15) is 0 Å². The molecule has 2 aromatic rings. The lowest BCUT2D eigenvalue weighted by Gasteiger charge is -2.00. The summed E-state index contributed by atoms with van der Waals surface area (Å²) in [5.74, 6) is 0.372. The first-order valence-electron chi connectivity index (χ1n) is 4.15. The quantitative estimate of drug-likeness (QED) is 0.470. The maximum Gasteiger partial charge on any atom is 0.271 e. The van der Waals surface area contributed by atoms with Gasteiger partial charge in [0.05, 0.1) is 5.56 Å². The molecule has 64 valence electrons. The van der Waals surface area contributed by atoms with Gasteiger partial charge in [0.25, 0.3) is 5.84 Å². The molecule has 2 heteroatoms. The molecule has 2 nitrogen and oxygen atoms in total. The molecule has 0 aliphatic heterocycles. The number of nitrogens with two attached hydrogens (primary N) is 2. The predicted molar refractivity (Wildman–Crippen MR) is 54.2 cm³/mol. The molecule has 0 heterocycles. The van der Waals surface area contributed by atoms with Crippen LogP contribution in [0, 0.1) is 0 Å². The molecule has 4 N–H and O–H groups in total. The molecule has 0 unspecified atom stereocenters. The monoisotopic (exact) mass is 171 g/mol. The minimum absolute atomic E-state index is 0.372. The number of hydrogen-bond donors (Lipinski definition) is 2. The highest BCUT2D eigenvalue weighted by Gasteiger charge is 2.05. The number of rotatable bonds is 1. The van der Waals surface area contributed by atoms with E-state index in [0.717, 1.165) is 16.3 Å². The van der Waals surface area contributed by atoms with E-state index in [0.29, 0.717) is 5.84 Å². The summed E-state index contributed by atoms with van der Waals surface area (Å²) in [4.78, 5) is 0. The zero-order chi connectivity index (χ0) is 9.26. The summed E-state index contributed by atoms with van der Waals surface area (Å²) < 4.78 is 0. The van der Waals surface area contributed by atoms with Crippen LogP contribution in [0.3, 0.4) is 0 Å². The van der Waals surface area contributed by atoms with E-state index in [4.69, 9.17) is 11.1 Å². The van der Waals surface area contributed by atoms with Gasteiger partial charge in [-0.25, -0.2) is 0 Å². The van der Waals surface area contributed by atoms with Crippen molar-refractivity contribution in [2.75, 3.05) is 0 Å². The molecule has 0 aromatic heterocycles. The van der Waals surface area contributed by atoms with Crippen molar-refractivity contribution < 1.29 is 5.41 Å². The standard InChI is InChI=1S/C11H10N2/c12-11(13)10-7-3-5-8-4-1-2-6-9(8)10/h1-7H,(H3,12,13)/p+1. The fourth-order valence-electron chi connectivity index (χ4n) is 1.48. The van der Waals surface area contributed by atoms with Crippen molar-refractivity contribution in [1.29, 1.82) is 0 Å². The van der Waals surface area contributed by atoms with Crippen molar-refractivity contribution in [1.82, 2.24) is 0 Å². The fourth-order valence-corrected chi connectivity index (χ4v) is 1.48. The average molecular weight is 171 g/mol. The lowest BCUT2D eigenvalue weighted by molar-refractivity contribution is -0.114. The number of benzene rings is 2. The number of hydrogen-bond acceptors (Lipinski definition) is 0. The predicted octanol–water partition coefficient (Wildman–Crippen LogP) is 0.304. The van der Waals surface area contributed by atoms with Crippen LogP contribution in [-0.4, -0.2) is 5.84 Å². The van der Waals surface area contributed by atoms with Gasteiger partial charge in [-0.15, -0.1) is 0 Å². The summed E-state index contributed by atoms with van der Waals surface area (Å²) in [6.07, 6.45) is 0. The van der Waals surface area contributed by atoms with E-state index in [1.807, 2.05) is 42.5 Å². The number of fused-ring (bicyclic) bond motifs is 1. The van der Waals surface area contributed by atoms with Crippen LogP contribution in [0.15, 0.2) is 42.5 Å². The summed E-state index contributed by atoms with van der Waals surface area (Å²) in [6.45, 7) is 0. The lowest BCUT2D eigenvalue weighted by atomic mass is 10.0. The minimum Gasteiger partial charge on any atom is -0.287 e. The highest BCUT2D eigenvalue weighted by molar-refractivity contribution is 6.06. The first kappa shape index (κ1) is 7.80. The Bertz CT molecular complexity index is 455. The molecule has 13 heavy (non-hydrogen) atoms. The normalized spacial score (nSPS) is 10.2. The highest BCUT2D eigenvalue weighted by atomic mass is 14.7. The van der Waals surface area contributed by atoms with Crippen LogP contribution in [0.4, 0.5) is 0 Å². The van der Waals surface area contributed by atoms with Gasteiger partial charge in [0.2, 0.25) is 0 Å². The SMILES string of the molecule is NC(=[NH2+])c1cccc2ccccc12. The topological polar surface area (TPSA) is 51.6 Å². The molecule has 2 aromatic carbocycles. The molecule has 0 fully saturated rings. The first-order valence-corrected chi connectivity index (χ1v) is 4.15. The van der Waals surface area contributed by atoms with Crippen molar-refractivity contribution >= 4 is 16.6 Å². The molecule has 0 bridgehead atoms. The van der Waals surface area contributed by atoms with Gasteiger partial charge in [-0.05, 0) is 16.8 Å². The fraction of sp³-hybridized carbons (Fsp3) is 0. The van der Waals surface area contributed by atoms with Crippen molar-refractivity contribution in [2.24, 2.45) is 5.73 Å². The van der Waals surface area contributed by atoms with Crippen LogP contribution in [-0.2, 0) is 0 Å². The van der Waals surface area contributed by atoms with Crippen molar-refractivity contribution in [3.05, 3.63) is 48.0 Å². The van der Waals surface area contributed by atoms with Crippen LogP contribution < -0.4 is 11.1 Å². The lowest BCUT2D eigenvalue weighted by Crippen LogP contribution is -2.46. The molecule has 0 amide bonds. The first-order chi connectivity index (χ1) is 6.29. The third-order valence-corrected chi connectivity index (χ3v) is 2.10. The van der Waals surface area contributed by atoms with Gasteiger partial charge in [-0.2, -0.15) is 0 Å². The molecular weight excluding hydrogens is 160 g/mol. The second-order valence-corrected chi connectivity index (χ2v) is 2.98. The van der Waals surface area contributed by atoms with Crippen LogP contribution >= 0.6 is 0 Å². The van der Waals surface area contributed by atoms with E-state index in [1.165, 1.54) is 0 Å². The van der Waals surface area contributed by atoms with Crippen molar-refractivity contribution in [2.45, 2.75) is 0 Å². The van der Waals surface area contributed by atoms with Crippen molar-refractivity contribution in [3.8, 4) is 0 Å². The largest absolute Gasteiger partial charge is 0.287 e. The van der Waals surface area contributed by atoms with Gasteiger partial charge < -0.3 is 0 Å². The van der Waals surface area contributed by atoms with Gasteiger partial charge in [0.15, 0.2) is 0 Å². The molecule has 0 saturated carbocycles. The van der Waals surface area contributed by atoms with Crippen LogP contribution in [0.2, 0.25) is 0 Å². The van der Waals surface area contributed by atoms with E-state index < -0.39 is 0 Å². The molecule has 0 spiro atoms. The summed E-state index contributed by atoms with van der Waals surface area (Å²) in [7, 11) is 0. The van der Waals surface area contributed by atoms with E-state index >= 15 is 0 Å². The van der Waals surface area contributed by atoms with Crippen LogP contribution in [0.25, 0.3) is 10.8 Å². The smallest absolute Gasteiger partial charge is 0.271 e. The van der Waals surface area contributed by atoms with Gasteiger partial charge >= 0.3 is 0 Å². The highest BCUT2D eigenvalue weighted by Crippen LogP contribution is 2.16. The van der Waals surface area contributed by atoms with Gasteiger partial charge in [0, 0.05) is 0 Å². The van der Waals surface area contributed by atoms with Crippen LogP contribution in [0.1, 0.15) is 5.56 Å². The molecule has 0 aliphatic rings. The Morgan fingerprint density at radius 2 is 1.69 bits per heavy atom. The van der Waals surface area contributed by atoms with E-state index in [2.05, 4.69) is 0 Å². The van der Waals surface area contributed by atoms with E-state index in [1.54, 1.807) is 0 Å². The summed E-state index contributed by atoms with van der Waals surface area (Å²) in [6, 6.07) is 14.0. The second kappa shape index (κ2) is 2.90. The summed E-state index contributed by atoms with van der Waals surface area (Å²) in [5, 5.41) is 7.84. The number of amidine groups is 1. The maximum absolute atomic E-state index is 5.57. The third-order valence-electron chi connectivity index (χ3n) is 2.10. The molecule has 0 radical (unpaired) electrons. The molecular formula is C11H11N2+.